The van der Waals surface area contributed by atoms with Gasteiger partial charge in [0.25, 0.3) is 5.91 Å². The van der Waals surface area contributed by atoms with Gasteiger partial charge in [-0.2, -0.15) is 0 Å². The molecule has 1 fully saturated rings. The molecule has 1 aromatic heterocycles. The van der Waals surface area contributed by atoms with E-state index in [9.17, 15) is 9.18 Å². The summed E-state index contributed by atoms with van der Waals surface area (Å²) in [5.41, 5.74) is 0.108. The summed E-state index contributed by atoms with van der Waals surface area (Å²) in [5, 5.41) is 0. The zero-order chi connectivity index (χ0) is 12.4. The third-order valence-electron chi connectivity index (χ3n) is 3.25. The highest BCUT2D eigenvalue weighted by molar-refractivity contribution is 5.94. The van der Waals surface area contributed by atoms with Crippen LogP contribution in [0.4, 0.5) is 4.39 Å². The van der Waals surface area contributed by atoms with Crippen LogP contribution in [-0.2, 0) is 0 Å². The molecule has 0 spiro atoms. The molecular formula is C12H16FN3O. The molecule has 0 radical (unpaired) electrons. The molecule has 2 rings (SSSR count). The molecule has 5 heteroatoms. The van der Waals surface area contributed by atoms with Gasteiger partial charge in [0, 0.05) is 31.9 Å². The lowest BCUT2D eigenvalue weighted by Gasteiger charge is -2.37. The molecule has 1 aliphatic rings. The maximum atomic E-state index is 13.4. The minimum atomic E-state index is -0.552. The van der Waals surface area contributed by atoms with Crippen molar-refractivity contribution in [3.63, 3.8) is 0 Å². The summed E-state index contributed by atoms with van der Waals surface area (Å²) in [6.45, 7) is 4.15. The summed E-state index contributed by atoms with van der Waals surface area (Å²) in [7, 11) is 2.03. The molecule has 92 valence electrons. The quantitative estimate of drug-likeness (QED) is 0.731. The number of aromatic nitrogens is 1. The second-order valence-electron chi connectivity index (χ2n) is 4.44. The van der Waals surface area contributed by atoms with Gasteiger partial charge in [-0.3, -0.25) is 9.78 Å². The first kappa shape index (κ1) is 12.0. The molecule has 1 aromatic rings. The van der Waals surface area contributed by atoms with E-state index in [-0.39, 0.29) is 11.5 Å². The predicted molar refractivity (Wildman–Crippen MR) is 62.2 cm³/mol. The van der Waals surface area contributed by atoms with Crippen LogP contribution in [0.2, 0.25) is 0 Å². The first-order chi connectivity index (χ1) is 8.09. The molecule has 4 nitrogen and oxygen atoms in total. The number of pyridine rings is 1. The van der Waals surface area contributed by atoms with E-state index >= 15 is 0 Å². The third kappa shape index (κ3) is 2.44. The number of amides is 1. The highest BCUT2D eigenvalue weighted by Crippen LogP contribution is 2.13. The summed E-state index contributed by atoms with van der Waals surface area (Å²) in [6.07, 6.45) is 2.52. The molecule has 2 heterocycles. The summed E-state index contributed by atoms with van der Waals surface area (Å²) < 4.78 is 13.4. The Bertz CT molecular complexity index is 424. The zero-order valence-corrected chi connectivity index (χ0v) is 10.1. The van der Waals surface area contributed by atoms with Crippen LogP contribution >= 0.6 is 0 Å². The van der Waals surface area contributed by atoms with Crippen molar-refractivity contribution < 1.29 is 9.18 Å². The smallest absolute Gasteiger partial charge is 0.257 e. The second-order valence-corrected chi connectivity index (χ2v) is 4.44. The highest BCUT2D eigenvalue weighted by Gasteiger charge is 2.26. The number of hydrogen-bond acceptors (Lipinski definition) is 3. The Morgan fingerprint density at radius 3 is 2.94 bits per heavy atom. The Morgan fingerprint density at radius 2 is 2.29 bits per heavy atom. The number of piperazine rings is 1. The van der Waals surface area contributed by atoms with Crippen molar-refractivity contribution >= 4 is 5.91 Å². The Hall–Kier alpha value is -1.49. The van der Waals surface area contributed by atoms with Crippen molar-refractivity contribution in [3.8, 4) is 0 Å². The first-order valence-corrected chi connectivity index (χ1v) is 5.68. The summed E-state index contributed by atoms with van der Waals surface area (Å²) in [5.74, 6) is -0.797. The Balaban J connectivity index is 2.14. The lowest BCUT2D eigenvalue weighted by Crippen LogP contribution is -2.52. The van der Waals surface area contributed by atoms with E-state index in [1.165, 1.54) is 12.3 Å². The fourth-order valence-electron chi connectivity index (χ4n) is 1.95. The van der Waals surface area contributed by atoms with E-state index in [4.69, 9.17) is 0 Å². The summed E-state index contributed by atoms with van der Waals surface area (Å²) in [4.78, 5) is 19.6. The van der Waals surface area contributed by atoms with Crippen LogP contribution in [0.25, 0.3) is 0 Å². The molecule has 17 heavy (non-hydrogen) atoms. The standard InChI is InChI=1S/C12H16FN3O/c1-9-8-16(6-5-15(9)2)12(17)10-3-4-14-7-11(10)13/h3-4,7,9H,5-6,8H2,1-2H3. The fourth-order valence-corrected chi connectivity index (χ4v) is 1.95. The molecule has 1 unspecified atom stereocenters. The number of halogens is 1. The number of hydrogen-bond donors (Lipinski definition) is 0. The van der Waals surface area contributed by atoms with Gasteiger partial charge < -0.3 is 9.80 Å². The van der Waals surface area contributed by atoms with Crippen molar-refractivity contribution in [3.05, 3.63) is 29.8 Å². The molecule has 0 aliphatic carbocycles. The van der Waals surface area contributed by atoms with E-state index in [1.54, 1.807) is 4.90 Å². The molecule has 1 amide bonds. The maximum Gasteiger partial charge on any atom is 0.257 e. The SMILES string of the molecule is CC1CN(C(=O)c2ccncc2F)CCN1C. The van der Waals surface area contributed by atoms with E-state index in [1.807, 2.05) is 7.05 Å². The largest absolute Gasteiger partial charge is 0.336 e. The minimum Gasteiger partial charge on any atom is -0.336 e. The number of carbonyl (C=O) groups is 1. The van der Waals surface area contributed by atoms with Gasteiger partial charge in [-0.05, 0) is 20.0 Å². The lowest BCUT2D eigenvalue weighted by atomic mass is 10.1. The minimum absolute atomic E-state index is 0.108. The average molecular weight is 237 g/mol. The van der Waals surface area contributed by atoms with Crippen LogP contribution in [0, 0.1) is 5.82 Å². The molecule has 0 bridgehead atoms. The molecule has 0 aromatic carbocycles. The molecule has 0 N–H and O–H groups in total. The first-order valence-electron chi connectivity index (χ1n) is 5.68. The number of likely N-dealkylation sites (N-methyl/N-ethyl adjacent to an activating group) is 1. The fraction of sp³-hybridized carbons (Fsp3) is 0.500. The van der Waals surface area contributed by atoms with Crippen molar-refractivity contribution in [2.45, 2.75) is 13.0 Å². The maximum absolute atomic E-state index is 13.4. The van der Waals surface area contributed by atoms with Crippen LogP contribution < -0.4 is 0 Å². The third-order valence-corrected chi connectivity index (χ3v) is 3.25. The Kier molecular flexibility index (Phi) is 3.38. The van der Waals surface area contributed by atoms with E-state index < -0.39 is 5.82 Å². The van der Waals surface area contributed by atoms with Crippen molar-refractivity contribution in [2.75, 3.05) is 26.7 Å². The van der Waals surface area contributed by atoms with Crippen LogP contribution in [0.5, 0.6) is 0 Å². The Morgan fingerprint density at radius 1 is 1.53 bits per heavy atom. The molecule has 1 saturated heterocycles. The molecule has 0 saturated carbocycles. The van der Waals surface area contributed by atoms with Gasteiger partial charge >= 0.3 is 0 Å². The van der Waals surface area contributed by atoms with Gasteiger partial charge in [-0.1, -0.05) is 0 Å². The summed E-state index contributed by atoms with van der Waals surface area (Å²) >= 11 is 0. The van der Waals surface area contributed by atoms with E-state index in [0.29, 0.717) is 19.1 Å². The topological polar surface area (TPSA) is 36.4 Å². The molecule has 1 atom stereocenters. The van der Waals surface area contributed by atoms with Crippen LogP contribution in [0.15, 0.2) is 18.5 Å². The van der Waals surface area contributed by atoms with Gasteiger partial charge in [0.05, 0.1) is 11.8 Å². The number of nitrogens with zero attached hydrogens (tertiary/aromatic N) is 3. The summed E-state index contributed by atoms with van der Waals surface area (Å²) in [6, 6.07) is 1.73. The molecule has 1 aliphatic heterocycles. The second kappa shape index (κ2) is 4.79. The Labute approximate surface area is 100 Å². The van der Waals surface area contributed by atoms with Gasteiger partial charge in [0.15, 0.2) is 5.82 Å². The zero-order valence-electron chi connectivity index (χ0n) is 10.1. The normalized spacial score (nSPS) is 21.6. The van der Waals surface area contributed by atoms with Gasteiger partial charge in [-0.25, -0.2) is 4.39 Å². The monoisotopic (exact) mass is 237 g/mol. The van der Waals surface area contributed by atoms with E-state index in [0.717, 1.165) is 12.7 Å². The van der Waals surface area contributed by atoms with Crippen LogP contribution in [-0.4, -0.2) is 53.4 Å². The molecular weight excluding hydrogens is 221 g/mol. The predicted octanol–water partition coefficient (Wildman–Crippen LogP) is 0.997. The van der Waals surface area contributed by atoms with Crippen molar-refractivity contribution in [1.82, 2.24) is 14.8 Å². The van der Waals surface area contributed by atoms with Crippen LogP contribution in [0.1, 0.15) is 17.3 Å². The van der Waals surface area contributed by atoms with E-state index in [2.05, 4.69) is 16.8 Å². The number of carbonyl (C=O) groups excluding carboxylic acids is 1. The number of rotatable bonds is 1. The lowest BCUT2D eigenvalue weighted by molar-refractivity contribution is 0.0568. The van der Waals surface area contributed by atoms with Gasteiger partial charge in [0.1, 0.15) is 0 Å². The van der Waals surface area contributed by atoms with Gasteiger partial charge in [0.2, 0.25) is 0 Å². The van der Waals surface area contributed by atoms with Crippen molar-refractivity contribution in [1.29, 1.82) is 0 Å². The average Bonchev–Trinajstić information content (AvgIpc) is 2.32. The van der Waals surface area contributed by atoms with Crippen LogP contribution in [0.3, 0.4) is 0 Å². The van der Waals surface area contributed by atoms with Crippen molar-refractivity contribution in [2.24, 2.45) is 0 Å². The highest BCUT2D eigenvalue weighted by atomic mass is 19.1. The van der Waals surface area contributed by atoms with Gasteiger partial charge in [-0.15, -0.1) is 0 Å².